The quantitative estimate of drug-likeness (QED) is 0.0146. The molecule has 622 valence electrons. The van der Waals surface area contributed by atoms with Crippen LogP contribution in [0.3, 0.4) is 0 Å². The summed E-state index contributed by atoms with van der Waals surface area (Å²) in [7, 11) is -9.81. The molecule has 0 aliphatic carbocycles. The third kappa shape index (κ3) is 83.7. The van der Waals surface area contributed by atoms with Crippen molar-refractivity contribution in [3.8, 4) is 0 Å². The lowest BCUT2D eigenvalue weighted by Crippen LogP contribution is -2.30. The molecule has 109 heavy (non-hydrogen) atoms. The van der Waals surface area contributed by atoms with Gasteiger partial charge in [-0.1, -0.05) is 332 Å². The molecule has 0 aliphatic heterocycles. The zero-order chi connectivity index (χ0) is 79.4. The first-order valence-electron chi connectivity index (χ1n) is 42.4. The van der Waals surface area contributed by atoms with Gasteiger partial charge in [0.15, 0.2) is 6.10 Å². The molecule has 16 nitrogen and oxygen atoms in total. The van der Waals surface area contributed by atoms with E-state index in [0.29, 0.717) is 19.3 Å². The van der Waals surface area contributed by atoms with Crippen LogP contribution in [-0.2, 0) is 55.8 Å². The second-order valence-corrected chi connectivity index (χ2v) is 30.7. The number of esters is 3. The molecule has 0 rings (SSSR count). The highest BCUT2D eigenvalue weighted by Crippen LogP contribution is 2.45. The predicted octanol–water partition coefficient (Wildman–Crippen LogP) is 25.5. The number of carbonyl (C=O) groups excluding carboxylic acids is 3. The van der Waals surface area contributed by atoms with E-state index in [0.717, 1.165) is 193 Å². The maximum atomic E-state index is 13.0. The Kier molecular flexibility index (Phi) is 78.5. The minimum atomic E-state index is -4.95. The fourth-order valence-corrected chi connectivity index (χ4v) is 12.7. The maximum absolute atomic E-state index is 13.0. The van der Waals surface area contributed by atoms with E-state index in [4.69, 9.17) is 32.3 Å². The van der Waals surface area contributed by atoms with Gasteiger partial charge in [-0.3, -0.25) is 32.5 Å². The Balaban J connectivity index is 4.56. The van der Waals surface area contributed by atoms with Crippen LogP contribution in [0.4, 0.5) is 0 Å². The molecular weight excluding hydrogens is 1410 g/mol. The monoisotopic (exact) mass is 1560 g/mol. The summed E-state index contributed by atoms with van der Waals surface area (Å²) in [4.78, 5) is 58.8. The Morgan fingerprint density at radius 2 is 0.459 bits per heavy atom. The van der Waals surface area contributed by atoms with Crippen molar-refractivity contribution in [3.63, 3.8) is 0 Å². The van der Waals surface area contributed by atoms with Gasteiger partial charge in [0.25, 0.3) is 0 Å². The molecule has 5 atom stereocenters. The van der Waals surface area contributed by atoms with E-state index in [2.05, 4.69) is 191 Å². The molecule has 0 saturated carbocycles. The molecule has 0 bridgehead atoms. The van der Waals surface area contributed by atoms with E-state index in [-0.39, 0.29) is 19.3 Å². The first kappa shape index (κ1) is 104. The van der Waals surface area contributed by atoms with Crippen LogP contribution in [-0.4, -0.2) is 95.9 Å². The molecule has 0 amide bonds. The largest absolute Gasteiger partial charge is 0.472 e. The van der Waals surface area contributed by atoms with E-state index < -0.39 is 91.5 Å². The number of allylic oxidation sites excluding steroid dienone is 28. The number of rotatable bonds is 79. The first-order valence-corrected chi connectivity index (χ1v) is 45.4. The van der Waals surface area contributed by atoms with Crippen LogP contribution in [0, 0.1) is 0 Å². The number of aliphatic hydroxyl groups excluding tert-OH is 2. The lowest BCUT2D eigenvalue weighted by Gasteiger charge is -2.21. The minimum Gasteiger partial charge on any atom is -0.463 e. The summed E-state index contributed by atoms with van der Waals surface area (Å²) >= 11 is 0. The third-order valence-corrected chi connectivity index (χ3v) is 19.3. The number of aliphatic hydroxyl groups is 2. The molecule has 0 radical (unpaired) electrons. The van der Waals surface area contributed by atoms with E-state index >= 15 is 0 Å². The molecule has 0 aromatic heterocycles. The fraction of sp³-hybridized carbons (Fsp3) is 0.659. The van der Waals surface area contributed by atoms with Gasteiger partial charge in [-0.25, -0.2) is 9.13 Å². The molecule has 0 spiro atoms. The SMILES string of the molecule is CC/C=C\C/C=C\C/C=C\C/C=C\C/C=C\C/C=C\CCCCCCCCC(=O)OCC(COP(=O)(O)OCC(O)COP(=O)(O)OCC(O)COC(=O)CCCCCCCCCCCCCCCCC/C=C\C/C=C\C/C=C\C/C=C\C/C=C\CC)OC(=O)CCCCCCCCC/C=C\C/C=C\C/C=C\CC. The van der Waals surface area contributed by atoms with Crippen molar-refractivity contribution < 1.29 is 75.8 Å². The number of unbranched alkanes of at least 4 members (excludes halogenated alkanes) is 28. The van der Waals surface area contributed by atoms with Crippen LogP contribution >= 0.6 is 15.6 Å². The number of phosphoric ester groups is 2. The van der Waals surface area contributed by atoms with Crippen molar-refractivity contribution in [2.24, 2.45) is 0 Å². The highest BCUT2D eigenvalue weighted by atomic mass is 31.2. The van der Waals surface area contributed by atoms with Crippen molar-refractivity contribution >= 4 is 33.6 Å². The van der Waals surface area contributed by atoms with Crippen molar-refractivity contribution in [2.75, 3.05) is 39.6 Å². The Morgan fingerprint density at radius 1 is 0.257 bits per heavy atom. The van der Waals surface area contributed by atoms with Crippen molar-refractivity contribution in [1.82, 2.24) is 0 Å². The van der Waals surface area contributed by atoms with Crippen LogP contribution in [0.1, 0.15) is 329 Å². The Morgan fingerprint density at radius 3 is 0.725 bits per heavy atom. The van der Waals surface area contributed by atoms with E-state index in [1.165, 1.54) is 77.0 Å². The fourth-order valence-electron chi connectivity index (χ4n) is 11.1. The van der Waals surface area contributed by atoms with Gasteiger partial charge >= 0.3 is 33.6 Å². The molecule has 0 fully saturated rings. The van der Waals surface area contributed by atoms with Gasteiger partial charge in [0.05, 0.1) is 26.4 Å². The van der Waals surface area contributed by atoms with E-state index in [1.54, 1.807) is 0 Å². The Hall–Kier alpha value is -5.09. The zero-order valence-electron chi connectivity index (χ0n) is 68.2. The standard InChI is InChI=1S/C91H152O16P2/c1-4-7-10-13-16-19-22-25-28-31-33-35-37-39-40-41-42-43-44-46-48-49-51-54-56-59-62-65-68-71-74-77-89(94)101-80-86(92)81-103-108(97,98)104-82-87(93)83-105-109(99,100)106-85-88(107-91(96)79-76-73-70-67-64-61-58-53-30-27-24-21-18-15-12-9-6-3)84-102-90(95)78-75-72-69-66-63-60-57-55-52-50-47-45-38-36-34-32-29-26-23-20-17-14-11-8-5-2/h7-12,16-21,25-30,33-36,39-40,45,47,52,55,86-88,92-93H,4-6,13-15,22-24,31-32,37-38,41-44,46,48-51,53-54,56-85H2,1-3H3,(H,97,98)(H,99,100)/b10-7-,11-8-,12-9-,19-16-,20-17-,21-18-,28-25-,29-26-,30-27-,35-33-,36-34-,40-39-,47-45-,55-52-. The number of carbonyl (C=O) groups is 3. The normalized spacial score (nSPS) is 14.7. The second-order valence-electron chi connectivity index (χ2n) is 27.8. The van der Waals surface area contributed by atoms with Gasteiger partial charge < -0.3 is 34.2 Å². The number of phosphoric acid groups is 2. The lowest BCUT2D eigenvalue weighted by molar-refractivity contribution is -0.161. The zero-order valence-corrected chi connectivity index (χ0v) is 70.0. The van der Waals surface area contributed by atoms with Crippen LogP contribution in [0.25, 0.3) is 0 Å². The van der Waals surface area contributed by atoms with E-state index in [9.17, 15) is 43.5 Å². The lowest BCUT2D eigenvalue weighted by atomic mass is 10.0. The molecular formula is C91H152O16P2. The third-order valence-electron chi connectivity index (χ3n) is 17.4. The molecule has 0 aromatic rings. The molecule has 0 heterocycles. The summed E-state index contributed by atoms with van der Waals surface area (Å²) in [6, 6.07) is 0. The van der Waals surface area contributed by atoms with E-state index in [1.807, 2.05) is 0 Å². The minimum absolute atomic E-state index is 0.0847. The van der Waals surface area contributed by atoms with Gasteiger partial charge in [0.1, 0.15) is 25.4 Å². The van der Waals surface area contributed by atoms with Gasteiger partial charge in [0, 0.05) is 19.3 Å². The summed E-state index contributed by atoms with van der Waals surface area (Å²) in [5.41, 5.74) is 0. The van der Waals surface area contributed by atoms with Crippen LogP contribution in [0.2, 0.25) is 0 Å². The smallest absolute Gasteiger partial charge is 0.463 e. The Bertz CT molecular complexity index is 2660. The molecule has 0 saturated heterocycles. The molecule has 4 N–H and O–H groups in total. The Labute approximate surface area is 662 Å². The average Bonchev–Trinajstić information content (AvgIpc) is 0.906. The van der Waals surface area contributed by atoms with Crippen molar-refractivity contribution in [2.45, 2.75) is 347 Å². The van der Waals surface area contributed by atoms with Crippen LogP contribution in [0.5, 0.6) is 0 Å². The summed E-state index contributed by atoms with van der Waals surface area (Å²) in [6.07, 6.45) is 105. The molecule has 5 unspecified atom stereocenters. The molecule has 18 heteroatoms. The van der Waals surface area contributed by atoms with Gasteiger partial charge in [0.2, 0.25) is 0 Å². The van der Waals surface area contributed by atoms with Crippen molar-refractivity contribution in [3.05, 3.63) is 170 Å². The van der Waals surface area contributed by atoms with Gasteiger partial charge in [-0.15, -0.1) is 0 Å². The van der Waals surface area contributed by atoms with Crippen LogP contribution in [0.15, 0.2) is 170 Å². The van der Waals surface area contributed by atoms with Crippen LogP contribution < -0.4 is 0 Å². The summed E-state index contributed by atoms with van der Waals surface area (Å²) < 4.78 is 61.3. The molecule has 0 aromatic carbocycles. The maximum Gasteiger partial charge on any atom is 0.472 e. The molecule has 0 aliphatic rings. The number of hydrogen-bond donors (Lipinski definition) is 4. The average molecular weight is 1560 g/mol. The highest BCUT2D eigenvalue weighted by Gasteiger charge is 2.29. The van der Waals surface area contributed by atoms with Gasteiger partial charge in [-0.05, 0) is 148 Å². The summed E-state index contributed by atoms with van der Waals surface area (Å²) in [6.45, 7) is 2.33. The van der Waals surface area contributed by atoms with Crippen molar-refractivity contribution in [1.29, 1.82) is 0 Å². The highest BCUT2D eigenvalue weighted by molar-refractivity contribution is 7.47. The number of ether oxygens (including phenoxy) is 3. The topological polar surface area (TPSA) is 231 Å². The summed E-state index contributed by atoms with van der Waals surface area (Å²) in [5.74, 6) is -1.60. The first-order chi connectivity index (χ1) is 53.2. The second kappa shape index (κ2) is 82.4. The predicted molar refractivity (Wildman–Crippen MR) is 454 cm³/mol. The van der Waals surface area contributed by atoms with Gasteiger partial charge in [-0.2, -0.15) is 0 Å². The summed E-state index contributed by atoms with van der Waals surface area (Å²) in [5, 5.41) is 20.7. The number of hydrogen-bond acceptors (Lipinski definition) is 14.